The lowest BCUT2D eigenvalue weighted by atomic mass is 10.1. The van der Waals surface area contributed by atoms with Crippen LogP contribution in [0.15, 0.2) is 30.6 Å². The average molecular weight is 249 g/mol. The molecule has 4 nitrogen and oxygen atoms in total. The van der Waals surface area contributed by atoms with E-state index in [0.717, 1.165) is 22.8 Å². The zero-order valence-corrected chi connectivity index (χ0v) is 9.65. The summed E-state index contributed by atoms with van der Waals surface area (Å²) in [6.45, 7) is 1.12. The predicted octanol–water partition coefficient (Wildman–Crippen LogP) is 2.57. The van der Waals surface area contributed by atoms with Gasteiger partial charge in [-0.25, -0.2) is 4.98 Å². The molecule has 0 saturated carbocycles. The van der Waals surface area contributed by atoms with Crippen LogP contribution in [0.5, 0.6) is 11.5 Å². The number of nitrogens with zero attached hydrogens (tertiary/aromatic N) is 2. The van der Waals surface area contributed by atoms with Gasteiger partial charge in [-0.1, -0.05) is 17.7 Å². The molecule has 0 bridgehead atoms. The molecule has 0 unspecified atom stereocenters. The van der Waals surface area contributed by atoms with E-state index in [4.69, 9.17) is 21.1 Å². The van der Waals surface area contributed by atoms with E-state index in [1.165, 1.54) is 6.20 Å². The molecule has 1 aromatic carbocycles. The van der Waals surface area contributed by atoms with E-state index in [2.05, 4.69) is 9.97 Å². The fraction of sp³-hybridized carbons (Fsp3) is 0.167. The van der Waals surface area contributed by atoms with Crippen LogP contribution < -0.4 is 9.47 Å². The molecule has 17 heavy (non-hydrogen) atoms. The van der Waals surface area contributed by atoms with E-state index in [1.54, 1.807) is 6.20 Å². The zero-order valence-electron chi connectivity index (χ0n) is 8.89. The summed E-state index contributed by atoms with van der Waals surface area (Å²) in [5, 5.41) is 0.371. The minimum Gasteiger partial charge on any atom is -0.486 e. The lowest BCUT2D eigenvalue weighted by molar-refractivity contribution is 0.172. The van der Waals surface area contributed by atoms with Gasteiger partial charge in [-0.15, -0.1) is 0 Å². The highest BCUT2D eigenvalue weighted by atomic mass is 35.5. The van der Waals surface area contributed by atoms with Gasteiger partial charge >= 0.3 is 0 Å². The van der Waals surface area contributed by atoms with Crippen molar-refractivity contribution >= 4 is 11.6 Å². The number of fused-ring (bicyclic) bond motifs is 1. The van der Waals surface area contributed by atoms with Crippen LogP contribution in [0.25, 0.3) is 11.3 Å². The Kier molecular flexibility index (Phi) is 2.57. The average Bonchev–Trinajstić information content (AvgIpc) is 2.39. The van der Waals surface area contributed by atoms with Crippen LogP contribution in [0.2, 0.25) is 5.15 Å². The van der Waals surface area contributed by atoms with Gasteiger partial charge in [0, 0.05) is 5.56 Å². The maximum atomic E-state index is 5.71. The Morgan fingerprint density at radius 1 is 1.06 bits per heavy atom. The number of rotatable bonds is 1. The Balaban J connectivity index is 2.11. The topological polar surface area (TPSA) is 44.2 Å². The van der Waals surface area contributed by atoms with Gasteiger partial charge in [0.2, 0.25) is 0 Å². The molecule has 2 heterocycles. The van der Waals surface area contributed by atoms with Gasteiger partial charge in [0.1, 0.15) is 18.4 Å². The van der Waals surface area contributed by atoms with E-state index in [-0.39, 0.29) is 0 Å². The number of aromatic nitrogens is 2. The van der Waals surface area contributed by atoms with Crippen LogP contribution in [0, 0.1) is 0 Å². The second-order valence-electron chi connectivity index (χ2n) is 3.55. The molecule has 3 rings (SSSR count). The summed E-state index contributed by atoms with van der Waals surface area (Å²) in [6, 6.07) is 5.70. The lowest BCUT2D eigenvalue weighted by Gasteiger charge is -2.20. The molecular weight excluding hydrogens is 240 g/mol. The van der Waals surface area contributed by atoms with Crippen LogP contribution in [0.3, 0.4) is 0 Å². The number of hydrogen-bond acceptors (Lipinski definition) is 4. The molecule has 0 aliphatic carbocycles. The Bertz CT molecular complexity index is 543. The molecule has 0 atom stereocenters. The molecule has 0 spiro atoms. The second kappa shape index (κ2) is 4.22. The van der Waals surface area contributed by atoms with E-state index in [0.29, 0.717) is 18.4 Å². The third-order valence-electron chi connectivity index (χ3n) is 2.46. The predicted molar refractivity (Wildman–Crippen MR) is 63.5 cm³/mol. The highest BCUT2D eigenvalue weighted by Gasteiger charge is 2.17. The normalized spacial score (nSPS) is 13.5. The quantitative estimate of drug-likeness (QED) is 0.778. The molecular formula is C12H9ClN2O2. The fourth-order valence-electron chi connectivity index (χ4n) is 1.73. The van der Waals surface area contributed by atoms with Crippen molar-refractivity contribution in [2.45, 2.75) is 0 Å². The molecule has 0 radical (unpaired) electrons. The molecule has 1 aliphatic heterocycles. The minimum absolute atomic E-state index is 0.371. The molecule has 1 aromatic heterocycles. The van der Waals surface area contributed by atoms with E-state index in [9.17, 15) is 0 Å². The Hall–Kier alpha value is -1.81. The number of ether oxygens (including phenoxy) is 2. The third kappa shape index (κ3) is 1.91. The van der Waals surface area contributed by atoms with Crippen molar-refractivity contribution in [2.75, 3.05) is 13.2 Å². The smallest absolute Gasteiger partial charge is 0.170 e. The van der Waals surface area contributed by atoms with Crippen molar-refractivity contribution in [2.24, 2.45) is 0 Å². The Labute approximate surface area is 103 Å². The first-order chi connectivity index (χ1) is 8.34. The van der Waals surface area contributed by atoms with Crippen LogP contribution in [0.4, 0.5) is 0 Å². The van der Waals surface area contributed by atoms with Gasteiger partial charge in [-0.3, -0.25) is 4.98 Å². The van der Waals surface area contributed by atoms with Gasteiger partial charge in [-0.05, 0) is 12.1 Å². The second-order valence-corrected chi connectivity index (χ2v) is 3.94. The van der Waals surface area contributed by atoms with Crippen molar-refractivity contribution in [1.82, 2.24) is 9.97 Å². The van der Waals surface area contributed by atoms with Crippen molar-refractivity contribution in [3.63, 3.8) is 0 Å². The van der Waals surface area contributed by atoms with E-state index in [1.807, 2.05) is 18.2 Å². The summed E-state index contributed by atoms with van der Waals surface area (Å²) >= 11 is 5.71. The van der Waals surface area contributed by atoms with Gasteiger partial charge in [0.05, 0.1) is 18.1 Å². The maximum Gasteiger partial charge on any atom is 0.170 e. The summed E-state index contributed by atoms with van der Waals surface area (Å²) in [6.07, 6.45) is 3.13. The van der Waals surface area contributed by atoms with Gasteiger partial charge in [0.25, 0.3) is 0 Å². The molecule has 0 saturated heterocycles. The summed E-state index contributed by atoms with van der Waals surface area (Å²) in [7, 11) is 0. The van der Waals surface area contributed by atoms with Gasteiger partial charge < -0.3 is 9.47 Å². The molecule has 2 aromatic rings. The maximum absolute atomic E-state index is 5.71. The number of halogens is 1. The van der Waals surface area contributed by atoms with E-state index >= 15 is 0 Å². The number of hydrogen-bond donors (Lipinski definition) is 0. The highest BCUT2D eigenvalue weighted by Crippen LogP contribution is 2.38. The number of para-hydroxylation sites is 1. The lowest BCUT2D eigenvalue weighted by Crippen LogP contribution is -2.15. The first kappa shape index (κ1) is 10.4. The van der Waals surface area contributed by atoms with Crippen molar-refractivity contribution in [3.05, 3.63) is 35.7 Å². The molecule has 5 heteroatoms. The molecule has 1 aliphatic rings. The SMILES string of the molecule is Clc1cnc(-c2cccc3c2OCCO3)cn1. The standard InChI is InChI=1S/C12H9ClN2O2/c13-11-7-14-9(6-15-11)8-2-1-3-10-12(8)17-5-4-16-10/h1-3,6-7H,4-5H2. The summed E-state index contributed by atoms with van der Waals surface area (Å²) in [5.41, 5.74) is 1.59. The molecule has 0 amide bonds. The highest BCUT2D eigenvalue weighted by molar-refractivity contribution is 6.29. The van der Waals surface area contributed by atoms with Crippen LogP contribution in [-0.2, 0) is 0 Å². The van der Waals surface area contributed by atoms with Crippen molar-refractivity contribution < 1.29 is 9.47 Å². The first-order valence-corrected chi connectivity index (χ1v) is 5.59. The Morgan fingerprint density at radius 3 is 2.76 bits per heavy atom. The molecule has 0 fully saturated rings. The minimum atomic E-state index is 0.371. The first-order valence-electron chi connectivity index (χ1n) is 5.21. The zero-order chi connectivity index (χ0) is 11.7. The van der Waals surface area contributed by atoms with Crippen LogP contribution >= 0.6 is 11.6 Å². The molecule has 86 valence electrons. The number of benzene rings is 1. The third-order valence-corrected chi connectivity index (χ3v) is 2.66. The van der Waals surface area contributed by atoms with Crippen LogP contribution in [-0.4, -0.2) is 23.2 Å². The van der Waals surface area contributed by atoms with E-state index < -0.39 is 0 Å². The summed E-state index contributed by atoms with van der Waals surface area (Å²) in [5.74, 6) is 1.46. The van der Waals surface area contributed by atoms with Gasteiger partial charge in [0.15, 0.2) is 11.5 Å². The molecule has 0 N–H and O–H groups in total. The largest absolute Gasteiger partial charge is 0.486 e. The Morgan fingerprint density at radius 2 is 1.94 bits per heavy atom. The fourth-order valence-corrected chi connectivity index (χ4v) is 1.82. The van der Waals surface area contributed by atoms with Crippen molar-refractivity contribution in [3.8, 4) is 22.8 Å². The summed E-state index contributed by atoms with van der Waals surface area (Å²) in [4.78, 5) is 8.24. The monoisotopic (exact) mass is 248 g/mol. The van der Waals surface area contributed by atoms with Gasteiger partial charge in [-0.2, -0.15) is 0 Å². The summed E-state index contributed by atoms with van der Waals surface area (Å²) < 4.78 is 11.1. The van der Waals surface area contributed by atoms with Crippen LogP contribution in [0.1, 0.15) is 0 Å². The van der Waals surface area contributed by atoms with Crippen molar-refractivity contribution in [1.29, 1.82) is 0 Å².